The fourth-order valence-corrected chi connectivity index (χ4v) is 3.38. The summed E-state index contributed by atoms with van der Waals surface area (Å²) in [5.74, 6) is 0.403. The topological polar surface area (TPSA) is 103 Å². The van der Waals surface area contributed by atoms with E-state index in [0.29, 0.717) is 12.2 Å². The van der Waals surface area contributed by atoms with Crippen LogP contribution in [0, 0.1) is 0 Å². The standard InChI is InChI=1S/C24H26N6O3/c31-23(11-14-33-21-8-2-1-3-9-21)28-20-16-26-29(17-20)18-24(32)25-12-6-13-30-22-10-5-4-7-19(22)15-27-30/h1-5,7-10,15-17H,6,11-14,18H2,(H,25,32)(H,28,31). The SMILES string of the molecule is O=C(Cn1cc(NC(=O)CCOc2ccccc2)cn1)NCCCn1ncc2ccccc21. The minimum atomic E-state index is -0.180. The van der Waals surface area contributed by atoms with Crippen LogP contribution in [0.3, 0.4) is 0 Å². The molecule has 2 aromatic heterocycles. The second kappa shape index (κ2) is 10.9. The van der Waals surface area contributed by atoms with Crippen LogP contribution in [0.25, 0.3) is 10.9 Å². The first-order valence-corrected chi connectivity index (χ1v) is 10.8. The number of nitrogens with one attached hydrogen (secondary N) is 2. The van der Waals surface area contributed by atoms with Crippen molar-refractivity contribution in [3.8, 4) is 5.75 Å². The molecule has 4 rings (SSSR count). The number of rotatable bonds is 11. The predicted octanol–water partition coefficient (Wildman–Crippen LogP) is 2.85. The largest absolute Gasteiger partial charge is 0.493 e. The quantitative estimate of drug-likeness (QED) is 0.345. The van der Waals surface area contributed by atoms with Crippen LogP contribution >= 0.6 is 0 Å². The van der Waals surface area contributed by atoms with Crippen molar-refractivity contribution in [3.05, 3.63) is 73.2 Å². The van der Waals surface area contributed by atoms with E-state index >= 15 is 0 Å². The maximum Gasteiger partial charge on any atom is 0.241 e. The highest BCUT2D eigenvalue weighted by atomic mass is 16.5. The molecule has 0 saturated carbocycles. The average Bonchev–Trinajstić information content (AvgIpc) is 3.44. The predicted molar refractivity (Wildman–Crippen MR) is 125 cm³/mol. The van der Waals surface area contributed by atoms with Gasteiger partial charge in [-0.2, -0.15) is 10.2 Å². The molecular formula is C24H26N6O3. The van der Waals surface area contributed by atoms with Crippen molar-refractivity contribution in [3.63, 3.8) is 0 Å². The molecule has 2 amide bonds. The molecule has 0 aliphatic carbocycles. The third kappa shape index (κ3) is 6.42. The van der Waals surface area contributed by atoms with Gasteiger partial charge in [0.25, 0.3) is 0 Å². The van der Waals surface area contributed by atoms with Crippen molar-refractivity contribution in [2.24, 2.45) is 0 Å². The lowest BCUT2D eigenvalue weighted by atomic mass is 10.2. The van der Waals surface area contributed by atoms with E-state index < -0.39 is 0 Å². The number of anilines is 1. The van der Waals surface area contributed by atoms with Gasteiger partial charge in [-0.1, -0.05) is 36.4 Å². The minimum Gasteiger partial charge on any atom is -0.493 e. The molecule has 0 radical (unpaired) electrons. The Morgan fingerprint density at radius 2 is 1.76 bits per heavy atom. The van der Waals surface area contributed by atoms with E-state index in [1.807, 2.05) is 65.5 Å². The van der Waals surface area contributed by atoms with Crippen molar-refractivity contribution in [2.45, 2.75) is 25.9 Å². The molecule has 170 valence electrons. The van der Waals surface area contributed by atoms with Crippen LogP contribution < -0.4 is 15.4 Å². The molecule has 0 unspecified atom stereocenters. The van der Waals surface area contributed by atoms with Gasteiger partial charge < -0.3 is 15.4 Å². The van der Waals surface area contributed by atoms with Crippen LogP contribution in [-0.2, 0) is 22.7 Å². The van der Waals surface area contributed by atoms with Crippen LogP contribution in [0.15, 0.2) is 73.2 Å². The first-order valence-electron chi connectivity index (χ1n) is 10.8. The second-order valence-electron chi connectivity index (χ2n) is 7.52. The Hall–Kier alpha value is -4.14. The van der Waals surface area contributed by atoms with E-state index in [1.54, 1.807) is 6.20 Å². The van der Waals surface area contributed by atoms with E-state index in [-0.39, 0.29) is 31.4 Å². The number of hydrogen-bond acceptors (Lipinski definition) is 5. The Balaban J connectivity index is 1.13. The molecule has 0 aliphatic rings. The van der Waals surface area contributed by atoms with Gasteiger partial charge in [-0.15, -0.1) is 0 Å². The number of benzene rings is 2. The number of para-hydroxylation sites is 2. The molecule has 9 nitrogen and oxygen atoms in total. The summed E-state index contributed by atoms with van der Waals surface area (Å²) in [4.78, 5) is 24.3. The number of amides is 2. The Morgan fingerprint density at radius 1 is 0.939 bits per heavy atom. The highest BCUT2D eigenvalue weighted by molar-refractivity contribution is 5.90. The normalized spacial score (nSPS) is 10.8. The first-order chi connectivity index (χ1) is 16.2. The summed E-state index contributed by atoms with van der Waals surface area (Å²) in [6.07, 6.45) is 5.98. The van der Waals surface area contributed by atoms with Gasteiger partial charge in [0.05, 0.1) is 36.6 Å². The number of aryl methyl sites for hydroxylation is 1. The molecule has 9 heteroatoms. The fraction of sp³-hybridized carbons (Fsp3) is 0.250. The Morgan fingerprint density at radius 3 is 2.64 bits per heavy atom. The lowest BCUT2D eigenvalue weighted by Gasteiger charge is -2.07. The smallest absolute Gasteiger partial charge is 0.241 e. The van der Waals surface area contributed by atoms with E-state index in [4.69, 9.17) is 4.74 Å². The van der Waals surface area contributed by atoms with E-state index in [1.165, 1.54) is 10.9 Å². The first kappa shape index (κ1) is 22.1. The van der Waals surface area contributed by atoms with Gasteiger partial charge in [0.1, 0.15) is 12.3 Å². The molecule has 2 aromatic carbocycles. The van der Waals surface area contributed by atoms with Crippen LogP contribution in [0.4, 0.5) is 5.69 Å². The Bertz CT molecular complexity index is 1200. The van der Waals surface area contributed by atoms with Gasteiger partial charge in [-0.05, 0) is 24.6 Å². The number of carbonyl (C=O) groups excluding carboxylic acids is 2. The molecule has 33 heavy (non-hydrogen) atoms. The molecule has 0 atom stereocenters. The molecule has 0 spiro atoms. The summed E-state index contributed by atoms with van der Waals surface area (Å²) in [5.41, 5.74) is 1.62. The van der Waals surface area contributed by atoms with Crippen LogP contribution in [0.1, 0.15) is 12.8 Å². The third-order valence-corrected chi connectivity index (χ3v) is 4.98. The van der Waals surface area contributed by atoms with Crippen molar-refractivity contribution in [2.75, 3.05) is 18.5 Å². The summed E-state index contributed by atoms with van der Waals surface area (Å²) in [6.45, 7) is 1.62. The lowest BCUT2D eigenvalue weighted by molar-refractivity contribution is -0.121. The number of fused-ring (bicyclic) bond motifs is 1. The second-order valence-corrected chi connectivity index (χ2v) is 7.52. The number of aromatic nitrogens is 4. The highest BCUT2D eigenvalue weighted by Crippen LogP contribution is 2.13. The molecule has 4 aromatic rings. The van der Waals surface area contributed by atoms with Crippen molar-refractivity contribution in [1.29, 1.82) is 0 Å². The average molecular weight is 447 g/mol. The van der Waals surface area contributed by atoms with Gasteiger partial charge in [0, 0.05) is 24.7 Å². The molecule has 0 saturated heterocycles. The monoisotopic (exact) mass is 446 g/mol. The van der Waals surface area contributed by atoms with E-state index in [2.05, 4.69) is 20.8 Å². The van der Waals surface area contributed by atoms with Crippen molar-refractivity contribution in [1.82, 2.24) is 24.9 Å². The molecule has 0 fully saturated rings. The summed E-state index contributed by atoms with van der Waals surface area (Å²) in [7, 11) is 0. The van der Waals surface area contributed by atoms with Crippen molar-refractivity contribution < 1.29 is 14.3 Å². The minimum absolute atomic E-state index is 0.0810. The zero-order valence-corrected chi connectivity index (χ0v) is 18.2. The maximum absolute atomic E-state index is 12.2. The zero-order valence-electron chi connectivity index (χ0n) is 18.2. The van der Waals surface area contributed by atoms with Crippen LogP contribution in [0.2, 0.25) is 0 Å². The number of nitrogens with zero attached hydrogens (tertiary/aromatic N) is 4. The number of carbonyl (C=O) groups is 2. The lowest BCUT2D eigenvalue weighted by Crippen LogP contribution is -2.29. The highest BCUT2D eigenvalue weighted by Gasteiger charge is 2.08. The fourth-order valence-electron chi connectivity index (χ4n) is 3.38. The molecule has 2 N–H and O–H groups in total. The maximum atomic E-state index is 12.2. The molecule has 0 aliphatic heterocycles. The van der Waals surface area contributed by atoms with E-state index in [9.17, 15) is 9.59 Å². The molecular weight excluding hydrogens is 420 g/mol. The van der Waals surface area contributed by atoms with Gasteiger partial charge in [0.2, 0.25) is 11.8 Å². The van der Waals surface area contributed by atoms with Gasteiger partial charge >= 0.3 is 0 Å². The van der Waals surface area contributed by atoms with Crippen LogP contribution in [-0.4, -0.2) is 44.5 Å². The number of hydrogen-bond donors (Lipinski definition) is 2. The van der Waals surface area contributed by atoms with Gasteiger partial charge in [0.15, 0.2) is 0 Å². The number of ether oxygens (including phenoxy) is 1. The summed E-state index contributed by atoms with van der Waals surface area (Å²) >= 11 is 0. The van der Waals surface area contributed by atoms with Gasteiger partial charge in [-0.3, -0.25) is 19.0 Å². The summed E-state index contributed by atoms with van der Waals surface area (Å²) in [6, 6.07) is 17.4. The molecule has 0 bridgehead atoms. The Kier molecular flexibility index (Phi) is 7.32. The third-order valence-electron chi connectivity index (χ3n) is 4.98. The van der Waals surface area contributed by atoms with E-state index in [0.717, 1.165) is 29.6 Å². The Labute approximate surface area is 191 Å². The summed E-state index contributed by atoms with van der Waals surface area (Å²) in [5, 5.41) is 15.3. The van der Waals surface area contributed by atoms with Crippen LogP contribution in [0.5, 0.6) is 5.75 Å². The zero-order chi connectivity index (χ0) is 22.9. The molecule has 2 heterocycles. The van der Waals surface area contributed by atoms with Gasteiger partial charge in [-0.25, -0.2) is 0 Å². The summed E-state index contributed by atoms with van der Waals surface area (Å²) < 4.78 is 8.96. The van der Waals surface area contributed by atoms with Crippen molar-refractivity contribution >= 4 is 28.4 Å².